The van der Waals surface area contributed by atoms with Crippen LogP contribution in [0.15, 0.2) is 97.1 Å². The van der Waals surface area contributed by atoms with E-state index in [0.717, 1.165) is 6.42 Å². The monoisotopic (exact) mass is 897 g/mol. The first-order chi connectivity index (χ1) is 31.6. The van der Waals surface area contributed by atoms with E-state index in [0.29, 0.717) is 0 Å². The number of hydrogen-bond acceptors (Lipinski definition) is 2. The highest BCUT2D eigenvalue weighted by atomic mass is 15.2. The lowest BCUT2D eigenvalue weighted by molar-refractivity contribution is 0.331. The SMILES string of the molecule is Cc1cc2c3c(c1)N(c1ccc(C(C)(C)C)cc1-c1ccccc1)c1cc4c(cc1B3c1cc3c(cc1N2c1cc2c(cc1C)C(C)(C)CCC2(C)C)C(C)(C)CCC3(C)C)C(C)(C)CC4(C)C. The zero-order valence-corrected chi connectivity index (χ0v) is 44.7. The molecule has 0 fully saturated rings. The molecule has 2 aliphatic heterocycles. The van der Waals surface area contributed by atoms with Crippen LogP contribution < -0.4 is 26.2 Å². The first-order valence-electron chi connectivity index (χ1n) is 26.1. The number of aryl methyl sites for hydroxylation is 2. The molecule has 0 saturated heterocycles. The number of rotatable bonds is 3. The Morgan fingerprint density at radius 1 is 0.426 bits per heavy atom. The summed E-state index contributed by atoms with van der Waals surface area (Å²) in [6.07, 6.45) is 5.89. The lowest BCUT2D eigenvalue weighted by Crippen LogP contribution is -2.62. The van der Waals surface area contributed by atoms with E-state index < -0.39 is 0 Å². The second-order valence-corrected chi connectivity index (χ2v) is 27.2. The summed E-state index contributed by atoms with van der Waals surface area (Å²) in [6.45, 7) is 41.7. The van der Waals surface area contributed by atoms with Crippen LogP contribution >= 0.6 is 0 Å². The van der Waals surface area contributed by atoms with E-state index in [9.17, 15) is 0 Å². The van der Waals surface area contributed by atoms with Crippen molar-refractivity contribution in [2.75, 3.05) is 9.80 Å². The van der Waals surface area contributed by atoms with Crippen LogP contribution in [0, 0.1) is 13.8 Å². The van der Waals surface area contributed by atoms with Gasteiger partial charge >= 0.3 is 0 Å². The fourth-order valence-electron chi connectivity index (χ4n) is 14.2. The summed E-state index contributed by atoms with van der Waals surface area (Å²) in [7, 11) is 0. The predicted molar refractivity (Wildman–Crippen MR) is 295 cm³/mol. The van der Waals surface area contributed by atoms with Crippen molar-refractivity contribution in [3.8, 4) is 11.1 Å². The Bertz CT molecular complexity index is 3110. The minimum atomic E-state index is -0.00585. The zero-order valence-electron chi connectivity index (χ0n) is 44.7. The summed E-state index contributed by atoms with van der Waals surface area (Å²) in [4.78, 5) is 5.47. The largest absolute Gasteiger partial charge is 0.311 e. The second kappa shape index (κ2) is 14.3. The molecule has 11 rings (SSSR count). The molecular formula is C65H77BN2. The first-order valence-corrected chi connectivity index (χ1v) is 26.1. The van der Waals surface area contributed by atoms with E-state index in [4.69, 9.17) is 0 Å². The molecule has 0 saturated carbocycles. The Kier molecular flexibility index (Phi) is 9.55. The third-order valence-corrected chi connectivity index (χ3v) is 18.3. The van der Waals surface area contributed by atoms with Crippen LogP contribution in [0.3, 0.4) is 0 Å². The number of hydrogen-bond donors (Lipinski definition) is 0. The summed E-state index contributed by atoms with van der Waals surface area (Å²) in [5.41, 5.74) is 28.2. The van der Waals surface area contributed by atoms with Gasteiger partial charge in [0.25, 0.3) is 6.71 Å². The first kappa shape index (κ1) is 45.4. The van der Waals surface area contributed by atoms with Gasteiger partial charge in [0.15, 0.2) is 0 Å². The molecule has 0 spiro atoms. The van der Waals surface area contributed by atoms with E-state index in [1.54, 1.807) is 0 Å². The molecule has 2 heterocycles. The van der Waals surface area contributed by atoms with Gasteiger partial charge in [-0.3, -0.25) is 0 Å². The highest BCUT2D eigenvalue weighted by Crippen LogP contribution is 2.56. The average molecular weight is 897 g/mol. The molecule has 0 radical (unpaired) electrons. The Labute approximate surface area is 411 Å². The van der Waals surface area contributed by atoms with Crippen molar-refractivity contribution >= 4 is 57.2 Å². The van der Waals surface area contributed by atoms with Gasteiger partial charge in [-0.2, -0.15) is 0 Å². The Hall–Kier alpha value is -5.02. The van der Waals surface area contributed by atoms with Gasteiger partial charge in [0.2, 0.25) is 0 Å². The van der Waals surface area contributed by atoms with Crippen molar-refractivity contribution in [3.05, 3.63) is 147 Å². The smallest absolute Gasteiger partial charge is 0.252 e. The topological polar surface area (TPSA) is 6.48 Å². The van der Waals surface area contributed by atoms with Gasteiger partial charge in [-0.1, -0.05) is 158 Å². The molecule has 3 heteroatoms. The molecule has 5 aliphatic rings. The summed E-state index contributed by atoms with van der Waals surface area (Å²) >= 11 is 0. The summed E-state index contributed by atoms with van der Waals surface area (Å²) in [6, 6.07) is 39.6. The molecule has 0 N–H and O–H groups in total. The fraction of sp³-hybridized carbons (Fsp3) is 0.446. The highest BCUT2D eigenvalue weighted by Gasteiger charge is 2.50. The molecule has 0 unspecified atom stereocenters. The van der Waals surface area contributed by atoms with E-state index >= 15 is 0 Å². The molecule has 0 aromatic heterocycles. The van der Waals surface area contributed by atoms with Gasteiger partial charge < -0.3 is 9.80 Å². The van der Waals surface area contributed by atoms with Crippen LogP contribution in [0.25, 0.3) is 11.1 Å². The molecule has 6 aromatic carbocycles. The van der Waals surface area contributed by atoms with Gasteiger partial charge in [0, 0.05) is 34.0 Å². The van der Waals surface area contributed by atoms with Gasteiger partial charge in [0.05, 0.1) is 5.69 Å². The maximum Gasteiger partial charge on any atom is 0.252 e. The van der Waals surface area contributed by atoms with E-state index in [2.05, 4.69) is 225 Å². The second-order valence-electron chi connectivity index (χ2n) is 27.2. The minimum absolute atomic E-state index is 0.00585. The summed E-state index contributed by atoms with van der Waals surface area (Å²) in [5.74, 6) is 0. The molecule has 0 atom stereocenters. The van der Waals surface area contributed by atoms with Crippen molar-refractivity contribution in [1.29, 1.82) is 0 Å². The van der Waals surface area contributed by atoms with Crippen molar-refractivity contribution in [2.45, 2.75) is 188 Å². The molecular weight excluding hydrogens is 820 g/mol. The number of nitrogens with zero attached hydrogens (tertiary/aromatic N) is 2. The number of anilines is 6. The van der Waals surface area contributed by atoms with Crippen LogP contribution in [-0.4, -0.2) is 6.71 Å². The molecule has 0 amide bonds. The third-order valence-electron chi connectivity index (χ3n) is 18.3. The Balaban J connectivity index is 1.30. The number of benzene rings is 6. The van der Waals surface area contributed by atoms with Crippen LogP contribution in [0.1, 0.15) is 186 Å². The van der Waals surface area contributed by atoms with Crippen molar-refractivity contribution in [2.24, 2.45) is 0 Å². The quantitative estimate of drug-likeness (QED) is 0.163. The van der Waals surface area contributed by atoms with E-state index in [-0.39, 0.29) is 44.6 Å². The lowest BCUT2D eigenvalue weighted by Gasteiger charge is -2.48. The normalized spacial score (nSPS) is 20.5. The Morgan fingerprint density at radius 3 is 1.35 bits per heavy atom. The standard InChI is InChI=1S/C65H77BN2/c1-39-29-56-58-57(30-39)68(53-35-47-44(31-40(53)2)60(6,7)25-27-62(47,10)11)55-36-48-45(61(8,9)26-28-63(48,12)13)33-50(55)66(58)51-34-46-49(65(16,17)38-64(46,14)15)37-54(51)67(56)52-24-23-42(59(3,4)5)32-43(52)41-21-19-18-20-22-41/h18-24,29-37H,25-28,38H2,1-17H3. The maximum atomic E-state index is 2.76. The maximum absolute atomic E-state index is 2.76. The fourth-order valence-corrected chi connectivity index (χ4v) is 14.2. The lowest BCUT2D eigenvalue weighted by atomic mass is 9.32. The van der Waals surface area contributed by atoms with Gasteiger partial charge in [0.1, 0.15) is 0 Å². The predicted octanol–water partition coefficient (Wildman–Crippen LogP) is 16.0. The van der Waals surface area contributed by atoms with Crippen molar-refractivity contribution in [3.63, 3.8) is 0 Å². The summed E-state index contributed by atoms with van der Waals surface area (Å²) < 4.78 is 0. The van der Waals surface area contributed by atoms with Crippen LogP contribution in [0.4, 0.5) is 34.1 Å². The van der Waals surface area contributed by atoms with Gasteiger partial charge in [-0.25, -0.2) is 0 Å². The van der Waals surface area contributed by atoms with Crippen molar-refractivity contribution < 1.29 is 0 Å². The van der Waals surface area contributed by atoms with Gasteiger partial charge in [-0.05, 0) is 198 Å². The van der Waals surface area contributed by atoms with Crippen LogP contribution in [-0.2, 0) is 37.9 Å². The van der Waals surface area contributed by atoms with Crippen molar-refractivity contribution in [1.82, 2.24) is 0 Å². The minimum Gasteiger partial charge on any atom is -0.311 e. The molecule has 0 bridgehead atoms. The molecule has 68 heavy (non-hydrogen) atoms. The zero-order chi connectivity index (χ0) is 48.6. The van der Waals surface area contributed by atoms with Gasteiger partial charge in [-0.15, -0.1) is 0 Å². The van der Waals surface area contributed by atoms with Crippen LogP contribution in [0.2, 0.25) is 0 Å². The third kappa shape index (κ3) is 6.63. The van der Waals surface area contributed by atoms with Crippen LogP contribution in [0.5, 0.6) is 0 Å². The average Bonchev–Trinajstić information content (AvgIpc) is 3.44. The van der Waals surface area contributed by atoms with E-state index in [1.165, 1.54) is 137 Å². The molecule has 350 valence electrons. The van der Waals surface area contributed by atoms with E-state index in [1.807, 2.05) is 0 Å². The molecule has 6 aromatic rings. The molecule has 3 aliphatic carbocycles. The number of fused-ring (bicyclic) bond motifs is 7. The molecule has 2 nitrogen and oxygen atoms in total. The summed E-state index contributed by atoms with van der Waals surface area (Å²) in [5, 5.41) is 0. The Morgan fingerprint density at radius 2 is 0.853 bits per heavy atom. The highest BCUT2D eigenvalue weighted by molar-refractivity contribution is 7.00.